The van der Waals surface area contributed by atoms with Gasteiger partial charge in [0.15, 0.2) is 5.78 Å². The van der Waals surface area contributed by atoms with Crippen LogP contribution in [0.25, 0.3) is 49.2 Å². The predicted octanol–water partition coefficient (Wildman–Crippen LogP) is 8.20. The first-order chi connectivity index (χ1) is 15.8. The number of hydrogen-bond acceptors (Lipinski definition) is 1. The van der Waals surface area contributed by atoms with Crippen LogP contribution in [0.5, 0.6) is 0 Å². The van der Waals surface area contributed by atoms with Gasteiger partial charge in [-0.1, -0.05) is 97.1 Å². The summed E-state index contributed by atoms with van der Waals surface area (Å²) in [5.74, 6) is 0.0232. The van der Waals surface area contributed by atoms with E-state index < -0.39 is 0 Å². The highest BCUT2D eigenvalue weighted by molar-refractivity contribution is 6.24. The monoisotopic (exact) mass is 408 g/mol. The second kappa shape index (κ2) is 7.47. The Balaban J connectivity index is 1.57. The zero-order chi connectivity index (χ0) is 21.5. The minimum Gasteiger partial charge on any atom is -0.289 e. The minimum absolute atomic E-state index is 0.0232. The van der Waals surface area contributed by atoms with Crippen molar-refractivity contribution in [2.45, 2.75) is 0 Å². The summed E-state index contributed by atoms with van der Waals surface area (Å²) in [6, 6.07) is 37.3. The van der Waals surface area contributed by atoms with Crippen LogP contribution in [0.2, 0.25) is 0 Å². The van der Waals surface area contributed by atoms with Crippen molar-refractivity contribution in [3.8, 4) is 0 Å². The lowest BCUT2D eigenvalue weighted by Gasteiger charge is -2.10. The molecule has 0 spiro atoms. The quantitative estimate of drug-likeness (QED) is 0.164. The number of hydrogen-bond donors (Lipinski definition) is 0. The Morgan fingerprint density at radius 1 is 0.500 bits per heavy atom. The molecule has 0 aliphatic carbocycles. The number of rotatable bonds is 3. The number of ketones is 1. The van der Waals surface area contributed by atoms with Crippen LogP contribution in [0.3, 0.4) is 0 Å². The number of fused-ring (bicyclic) bond motifs is 4. The molecule has 150 valence electrons. The molecule has 0 aliphatic heterocycles. The van der Waals surface area contributed by atoms with Gasteiger partial charge in [0.25, 0.3) is 0 Å². The van der Waals surface area contributed by atoms with Gasteiger partial charge in [0.05, 0.1) is 0 Å². The molecule has 0 saturated heterocycles. The molecule has 6 aromatic carbocycles. The molecule has 6 rings (SSSR count). The van der Waals surface area contributed by atoms with Crippen LogP contribution in [-0.2, 0) is 0 Å². The summed E-state index contributed by atoms with van der Waals surface area (Å²) in [6.45, 7) is 0. The van der Waals surface area contributed by atoms with Gasteiger partial charge in [-0.25, -0.2) is 0 Å². The zero-order valence-electron chi connectivity index (χ0n) is 17.5. The Bertz CT molecular complexity index is 1580. The molecule has 0 aliphatic rings. The van der Waals surface area contributed by atoms with Crippen LogP contribution in [-0.4, -0.2) is 5.78 Å². The van der Waals surface area contributed by atoms with E-state index in [-0.39, 0.29) is 5.78 Å². The van der Waals surface area contributed by atoms with Crippen molar-refractivity contribution in [1.29, 1.82) is 0 Å². The van der Waals surface area contributed by atoms with Gasteiger partial charge in [0.2, 0.25) is 0 Å². The van der Waals surface area contributed by atoms with Crippen molar-refractivity contribution >= 4 is 54.9 Å². The van der Waals surface area contributed by atoms with Crippen LogP contribution in [0.15, 0.2) is 115 Å². The van der Waals surface area contributed by atoms with E-state index in [0.717, 1.165) is 43.4 Å². The number of benzene rings is 6. The van der Waals surface area contributed by atoms with E-state index in [4.69, 9.17) is 0 Å². The Labute approximate surface area is 186 Å². The van der Waals surface area contributed by atoms with E-state index in [1.807, 2.05) is 42.5 Å². The summed E-state index contributed by atoms with van der Waals surface area (Å²) in [5, 5.41) is 8.79. The van der Waals surface area contributed by atoms with E-state index in [2.05, 4.69) is 72.8 Å². The maximum Gasteiger partial charge on any atom is 0.187 e. The van der Waals surface area contributed by atoms with E-state index in [1.165, 1.54) is 10.8 Å². The van der Waals surface area contributed by atoms with Gasteiger partial charge >= 0.3 is 0 Å². The lowest BCUT2D eigenvalue weighted by molar-refractivity contribution is 0.105. The first kappa shape index (κ1) is 18.5. The summed E-state index contributed by atoms with van der Waals surface area (Å²) in [5.41, 5.74) is 1.84. The van der Waals surface area contributed by atoms with Crippen LogP contribution in [0.1, 0.15) is 15.9 Å². The van der Waals surface area contributed by atoms with Crippen LogP contribution >= 0.6 is 0 Å². The van der Waals surface area contributed by atoms with Crippen molar-refractivity contribution in [1.82, 2.24) is 0 Å². The SMILES string of the molecule is O=C(/C=C/c1c2ccccc2cc2ccccc12)c1c2ccccc2cc2ccccc12. The molecule has 0 bridgehead atoms. The van der Waals surface area contributed by atoms with Gasteiger partial charge < -0.3 is 0 Å². The fourth-order valence-electron chi connectivity index (χ4n) is 4.75. The van der Waals surface area contributed by atoms with Crippen LogP contribution in [0, 0.1) is 0 Å². The summed E-state index contributed by atoms with van der Waals surface area (Å²) in [7, 11) is 0. The first-order valence-electron chi connectivity index (χ1n) is 10.8. The molecule has 0 unspecified atom stereocenters. The predicted molar refractivity (Wildman–Crippen MR) is 136 cm³/mol. The first-order valence-corrected chi connectivity index (χ1v) is 10.8. The second-order valence-corrected chi connectivity index (χ2v) is 8.12. The minimum atomic E-state index is 0.0232. The molecular formula is C31H20O. The molecule has 6 aromatic rings. The zero-order valence-corrected chi connectivity index (χ0v) is 17.5. The molecule has 0 fully saturated rings. The van der Waals surface area contributed by atoms with Crippen LogP contribution < -0.4 is 0 Å². The summed E-state index contributed by atoms with van der Waals surface area (Å²) >= 11 is 0. The highest BCUT2D eigenvalue weighted by Gasteiger charge is 2.13. The second-order valence-electron chi connectivity index (χ2n) is 8.12. The van der Waals surface area contributed by atoms with Crippen molar-refractivity contribution in [3.63, 3.8) is 0 Å². The smallest absolute Gasteiger partial charge is 0.187 e. The number of allylic oxidation sites excluding steroid dienone is 1. The van der Waals surface area contributed by atoms with Gasteiger partial charge in [-0.15, -0.1) is 0 Å². The van der Waals surface area contributed by atoms with Crippen molar-refractivity contribution in [2.75, 3.05) is 0 Å². The van der Waals surface area contributed by atoms with Gasteiger partial charge in [0.1, 0.15) is 0 Å². The Morgan fingerprint density at radius 3 is 1.34 bits per heavy atom. The number of carbonyl (C=O) groups excluding carboxylic acids is 1. The van der Waals surface area contributed by atoms with Crippen LogP contribution in [0.4, 0.5) is 0 Å². The largest absolute Gasteiger partial charge is 0.289 e. The third kappa shape index (κ3) is 2.99. The highest BCUT2D eigenvalue weighted by atomic mass is 16.1. The molecule has 0 amide bonds. The third-order valence-corrected chi connectivity index (χ3v) is 6.23. The third-order valence-electron chi connectivity index (χ3n) is 6.23. The summed E-state index contributed by atoms with van der Waals surface area (Å²) in [4.78, 5) is 13.6. The highest BCUT2D eigenvalue weighted by Crippen LogP contribution is 2.32. The molecule has 0 aromatic heterocycles. The maximum atomic E-state index is 13.6. The molecule has 1 heteroatoms. The molecule has 32 heavy (non-hydrogen) atoms. The average Bonchev–Trinajstić information content (AvgIpc) is 2.84. The molecule has 0 atom stereocenters. The lowest BCUT2D eigenvalue weighted by atomic mass is 9.93. The fraction of sp³-hybridized carbons (Fsp3) is 0. The van der Waals surface area contributed by atoms with Crippen molar-refractivity contribution in [2.24, 2.45) is 0 Å². The molecule has 0 N–H and O–H groups in total. The average molecular weight is 409 g/mol. The Hall–Kier alpha value is -4.23. The molecule has 1 nitrogen and oxygen atoms in total. The topological polar surface area (TPSA) is 17.1 Å². The molecular weight excluding hydrogens is 388 g/mol. The van der Waals surface area contributed by atoms with E-state index in [1.54, 1.807) is 6.08 Å². The standard InChI is InChI=1S/C31H20O/c32-30(31-27-15-7-3-11-23(27)20-24-12-4-8-16-28(24)31)18-17-29-25-13-5-1-9-21(25)19-22-10-2-6-14-26(22)29/h1-20H/b18-17+. The molecule has 0 radical (unpaired) electrons. The summed E-state index contributed by atoms with van der Waals surface area (Å²) < 4.78 is 0. The molecule has 0 saturated carbocycles. The summed E-state index contributed by atoms with van der Waals surface area (Å²) in [6.07, 6.45) is 3.73. The van der Waals surface area contributed by atoms with Gasteiger partial charge in [-0.3, -0.25) is 4.79 Å². The van der Waals surface area contributed by atoms with Gasteiger partial charge in [0, 0.05) is 5.56 Å². The van der Waals surface area contributed by atoms with Gasteiger partial charge in [-0.05, 0) is 72.9 Å². The Kier molecular flexibility index (Phi) is 4.33. The molecule has 0 heterocycles. The van der Waals surface area contributed by atoms with E-state index in [0.29, 0.717) is 0 Å². The van der Waals surface area contributed by atoms with Gasteiger partial charge in [-0.2, -0.15) is 0 Å². The number of carbonyl (C=O) groups is 1. The van der Waals surface area contributed by atoms with E-state index in [9.17, 15) is 4.79 Å². The maximum absolute atomic E-state index is 13.6. The lowest BCUT2D eigenvalue weighted by Crippen LogP contribution is -1.98. The Morgan fingerprint density at radius 2 is 0.875 bits per heavy atom. The normalized spacial score (nSPS) is 11.8. The van der Waals surface area contributed by atoms with Crippen molar-refractivity contribution < 1.29 is 4.79 Å². The van der Waals surface area contributed by atoms with E-state index >= 15 is 0 Å². The van der Waals surface area contributed by atoms with Crippen molar-refractivity contribution in [3.05, 3.63) is 126 Å². The fourth-order valence-corrected chi connectivity index (χ4v) is 4.75.